The van der Waals surface area contributed by atoms with E-state index in [-0.39, 0.29) is 18.9 Å². The topological polar surface area (TPSA) is 111 Å². The van der Waals surface area contributed by atoms with Crippen LogP contribution < -0.4 is 10.6 Å². The van der Waals surface area contributed by atoms with Gasteiger partial charge in [-0.15, -0.1) is 0 Å². The largest absolute Gasteiger partial charge is 0.481 e. The molecule has 0 radical (unpaired) electrons. The number of guanidine groups is 1. The standard InChI is InChI=1S/C9H17N3O4S/c1-6(5-8(15)16)11-9(10-2)12-17-4-3-7(13)14/h6H,3-5H2,1-2H3,(H,13,14)(H,15,16)(H2,10,11,12). The van der Waals surface area contributed by atoms with Crippen molar-refractivity contribution in [3.63, 3.8) is 0 Å². The lowest BCUT2D eigenvalue weighted by molar-refractivity contribution is -0.138. The van der Waals surface area contributed by atoms with Gasteiger partial charge in [0, 0.05) is 18.8 Å². The van der Waals surface area contributed by atoms with Crippen LogP contribution in [0.5, 0.6) is 0 Å². The summed E-state index contributed by atoms with van der Waals surface area (Å²) in [5.41, 5.74) is 0. The van der Waals surface area contributed by atoms with Gasteiger partial charge in [0.25, 0.3) is 0 Å². The Kier molecular flexibility index (Phi) is 7.95. The van der Waals surface area contributed by atoms with Crippen molar-refractivity contribution < 1.29 is 19.8 Å². The van der Waals surface area contributed by atoms with Gasteiger partial charge in [-0.1, -0.05) is 0 Å². The highest BCUT2D eigenvalue weighted by Gasteiger charge is 2.08. The molecule has 0 aromatic heterocycles. The lowest BCUT2D eigenvalue weighted by Gasteiger charge is -2.14. The van der Waals surface area contributed by atoms with Crippen LogP contribution in [0.1, 0.15) is 19.8 Å². The lowest BCUT2D eigenvalue weighted by Crippen LogP contribution is -2.41. The summed E-state index contributed by atoms with van der Waals surface area (Å²) in [7, 11) is 1.65. The number of carboxylic acid groups (broad SMARTS) is 2. The summed E-state index contributed by atoms with van der Waals surface area (Å²) >= 11 is 1.11. The fraction of sp³-hybridized carbons (Fsp3) is 0.667. The smallest absolute Gasteiger partial charge is 0.305 e. The van der Waals surface area contributed by atoms with E-state index in [1.165, 1.54) is 0 Å². The van der Waals surface area contributed by atoms with E-state index in [4.69, 9.17) is 10.2 Å². The second-order valence-corrected chi connectivity index (χ2v) is 4.16. The summed E-state index contributed by atoms with van der Waals surface area (Å²) in [6, 6.07) is -0.251. The predicted octanol–water partition coefficient (Wildman–Crippen LogP) is 0.137. The third kappa shape index (κ3) is 9.49. The van der Waals surface area contributed by atoms with Crippen LogP contribution in [0.3, 0.4) is 0 Å². The van der Waals surface area contributed by atoms with Crippen LogP contribution in [0.2, 0.25) is 0 Å². The van der Waals surface area contributed by atoms with Crippen LogP contribution in [0.15, 0.2) is 4.40 Å². The van der Waals surface area contributed by atoms with Crippen molar-refractivity contribution in [2.24, 2.45) is 4.40 Å². The molecule has 0 saturated heterocycles. The van der Waals surface area contributed by atoms with Gasteiger partial charge < -0.3 is 20.8 Å². The first-order valence-electron chi connectivity index (χ1n) is 5.03. The number of hydrogen-bond acceptors (Lipinski definition) is 4. The first-order valence-corrected chi connectivity index (χ1v) is 5.97. The number of hydrogen-bond donors (Lipinski definition) is 4. The van der Waals surface area contributed by atoms with Gasteiger partial charge in [-0.05, 0) is 18.9 Å². The maximum atomic E-state index is 10.4. The first-order chi connectivity index (χ1) is 7.95. The third-order valence-corrected chi connectivity index (χ3v) is 2.36. The van der Waals surface area contributed by atoms with Crippen molar-refractivity contribution in [3.8, 4) is 0 Å². The van der Waals surface area contributed by atoms with Crippen LogP contribution in [-0.4, -0.2) is 47.0 Å². The lowest BCUT2D eigenvalue weighted by atomic mass is 10.2. The molecule has 7 nitrogen and oxygen atoms in total. The third-order valence-electron chi connectivity index (χ3n) is 1.66. The summed E-state index contributed by atoms with van der Waals surface area (Å²) < 4.78 is 4.02. The first kappa shape index (κ1) is 15.6. The SMILES string of the molecule is CN/C(=N\SCCC(=O)O)NC(C)CC(=O)O. The molecule has 4 N–H and O–H groups in total. The van der Waals surface area contributed by atoms with Crippen molar-refractivity contribution >= 4 is 29.8 Å². The maximum absolute atomic E-state index is 10.4. The van der Waals surface area contributed by atoms with Gasteiger partial charge in [-0.3, -0.25) is 9.59 Å². The van der Waals surface area contributed by atoms with Crippen LogP contribution in [0, 0.1) is 0 Å². The molecule has 0 amide bonds. The summed E-state index contributed by atoms with van der Waals surface area (Å²) in [5, 5.41) is 22.6. The van der Waals surface area contributed by atoms with E-state index in [1.54, 1.807) is 14.0 Å². The Hall–Kier alpha value is -1.44. The Morgan fingerprint density at radius 3 is 2.47 bits per heavy atom. The molecule has 1 unspecified atom stereocenters. The van der Waals surface area contributed by atoms with Crippen molar-refractivity contribution in [2.45, 2.75) is 25.8 Å². The minimum absolute atomic E-state index is 0.0134. The summed E-state index contributed by atoms with van der Waals surface area (Å²) in [6.07, 6.45) is 0.0241. The molecule has 0 bridgehead atoms. The van der Waals surface area contributed by atoms with Gasteiger partial charge in [-0.25, -0.2) is 0 Å². The molecule has 0 rings (SSSR count). The molecular weight excluding hydrogens is 246 g/mol. The second-order valence-electron chi connectivity index (χ2n) is 3.31. The van der Waals surface area contributed by atoms with E-state index in [0.717, 1.165) is 11.9 Å². The van der Waals surface area contributed by atoms with Gasteiger partial charge in [0.05, 0.1) is 12.8 Å². The summed E-state index contributed by atoms with van der Waals surface area (Å²) in [5.74, 6) is -0.950. The fourth-order valence-electron chi connectivity index (χ4n) is 0.934. The molecule has 0 spiro atoms. The van der Waals surface area contributed by atoms with Gasteiger partial charge in [-0.2, -0.15) is 4.40 Å². The Labute approximate surface area is 104 Å². The Morgan fingerprint density at radius 2 is 2.00 bits per heavy atom. The zero-order valence-corrected chi connectivity index (χ0v) is 10.6. The molecule has 0 aliphatic heterocycles. The number of carbonyl (C=O) groups is 2. The van der Waals surface area contributed by atoms with Gasteiger partial charge >= 0.3 is 11.9 Å². The Balaban J connectivity index is 4.00. The predicted molar refractivity (Wildman–Crippen MR) is 66.1 cm³/mol. The molecule has 0 aliphatic rings. The molecule has 8 heteroatoms. The molecule has 0 fully saturated rings. The molecule has 0 aromatic rings. The molecule has 0 heterocycles. The number of nitrogens with one attached hydrogen (secondary N) is 2. The van der Waals surface area contributed by atoms with Gasteiger partial charge in [0.2, 0.25) is 5.96 Å². The zero-order chi connectivity index (χ0) is 13.3. The van der Waals surface area contributed by atoms with E-state index in [1.807, 2.05) is 0 Å². The Morgan fingerprint density at radius 1 is 1.35 bits per heavy atom. The molecule has 17 heavy (non-hydrogen) atoms. The maximum Gasteiger partial charge on any atom is 0.305 e. The fourth-order valence-corrected chi connectivity index (χ4v) is 1.56. The highest BCUT2D eigenvalue weighted by molar-refractivity contribution is 7.98. The quantitative estimate of drug-likeness (QED) is 0.224. The summed E-state index contributed by atoms with van der Waals surface area (Å²) in [4.78, 5) is 20.7. The molecule has 98 valence electrons. The molecule has 1 atom stereocenters. The van der Waals surface area contributed by atoms with Gasteiger partial charge in [0.15, 0.2) is 0 Å². The highest BCUT2D eigenvalue weighted by atomic mass is 32.2. The number of carboxylic acids is 2. The van der Waals surface area contributed by atoms with Crippen LogP contribution in [-0.2, 0) is 9.59 Å². The van der Waals surface area contributed by atoms with Crippen LogP contribution >= 0.6 is 11.9 Å². The minimum Gasteiger partial charge on any atom is -0.481 e. The molecule has 0 aliphatic carbocycles. The van der Waals surface area contributed by atoms with E-state index in [0.29, 0.717) is 11.7 Å². The molecular formula is C9H17N3O4S. The number of nitrogens with zero attached hydrogens (tertiary/aromatic N) is 1. The van der Waals surface area contributed by atoms with E-state index in [9.17, 15) is 9.59 Å². The van der Waals surface area contributed by atoms with E-state index < -0.39 is 11.9 Å². The number of aliphatic carboxylic acids is 2. The van der Waals surface area contributed by atoms with E-state index in [2.05, 4.69) is 15.0 Å². The van der Waals surface area contributed by atoms with Crippen LogP contribution in [0.25, 0.3) is 0 Å². The van der Waals surface area contributed by atoms with Crippen molar-refractivity contribution in [1.82, 2.24) is 10.6 Å². The second kappa shape index (κ2) is 8.68. The average molecular weight is 263 g/mol. The van der Waals surface area contributed by atoms with Crippen molar-refractivity contribution in [1.29, 1.82) is 0 Å². The zero-order valence-electron chi connectivity index (χ0n) is 9.77. The number of rotatable bonds is 7. The van der Waals surface area contributed by atoms with E-state index >= 15 is 0 Å². The minimum atomic E-state index is -0.890. The highest BCUT2D eigenvalue weighted by Crippen LogP contribution is 2.04. The Bertz CT molecular complexity index is 296. The van der Waals surface area contributed by atoms with Crippen molar-refractivity contribution in [3.05, 3.63) is 0 Å². The normalized spacial score (nSPS) is 12.9. The van der Waals surface area contributed by atoms with Crippen LogP contribution in [0.4, 0.5) is 0 Å². The molecule has 0 saturated carbocycles. The van der Waals surface area contributed by atoms with Gasteiger partial charge in [0.1, 0.15) is 0 Å². The van der Waals surface area contributed by atoms with Crippen molar-refractivity contribution in [2.75, 3.05) is 12.8 Å². The summed E-state index contributed by atoms with van der Waals surface area (Å²) in [6.45, 7) is 1.73. The average Bonchev–Trinajstić information content (AvgIpc) is 2.21. The monoisotopic (exact) mass is 263 g/mol. The molecule has 0 aromatic carbocycles.